The maximum Gasteiger partial charge on any atom is 0.254 e. The largest absolute Gasteiger partial charge is 0.341 e. The second-order valence-electron chi connectivity index (χ2n) is 9.78. The lowest BCUT2D eigenvalue weighted by Crippen LogP contribution is -2.38. The molecule has 0 saturated carbocycles. The average molecular weight is 454 g/mol. The molecule has 6 nitrogen and oxygen atoms in total. The van der Waals surface area contributed by atoms with Crippen LogP contribution in [-0.2, 0) is 13.0 Å². The Bertz CT molecular complexity index is 1260. The van der Waals surface area contributed by atoms with Gasteiger partial charge in [0.05, 0.1) is 23.0 Å². The van der Waals surface area contributed by atoms with E-state index in [-0.39, 0.29) is 5.91 Å². The summed E-state index contributed by atoms with van der Waals surface area (Å²) in [6, 6.07) is 14.6. The molecule has 2 aromatic carbocycles. The zero-order chi connectivity index (χ0) is 23.8. The predicted molar refractivity (Wildman–Crippen MR) is 133 cm³/mol. The van der Waals surface area contributed by atoms with Gasteiger partial charge in [-0.2, -0.15) is 5.26 Å². The van der Waals surface area contributed by atoms with Gasteiger partial charge in [0.25, 0.3) is 5.91 Å². The minimum atomic E-state index is 0.101. The van der Waals surface area contributed by atoms with Crippen molar-refractivity contribution in [3.05, 3.63) is 75.6 Å². The Morgan fingerprint density at radius 3 is 2.56 bits per heavy atom. The highest BCUT2D eigenvalue weighted by Gasteiger charge is 2.27. The maximum atomic E-state index is 13.5. The van der Waals surface area contributed by atoms with Crippen LogP contribution in [0.2, 0.25) is 0 Å². The van der Waals surface area contributed by atoms with Gasteiger partial charge < -0.3 is 15.2 Å². The predicted octanol–water partition coefficient (Wildman–Crippen LogP) is 4.62. The van der Waals surface area contributed by atoms with Gasteiger partial charge in [-0.25, -0.2) is 4.98 Å². The molecule has 5 rings (SSSR count). The molecule has 1 unspecified atom stereocenters. The number of fused-ring (bicyclic) bond motifs is 1. The fourth-order valence-electron chi connectivity index (χ4n) is 5.28. The van der Waals surface area contributed by atoms with Crippen molar-refractivity contribution < 1.29 is 4.79 Å². The van der Waals surface area contributed by atoms with Gasteiger partial charge in [0.1, 0.15) is 5.82 Å². The topological polar surface area (TPSA) is 84.8 Å². The number of carbonyl (C=O) groups is 1. The summed E-state index contributed by atoms with van der Waals surface area (Å²) in [4.78, 5) is 23.9. The number of nitriles is 1. The van der Waals surface area contributed by atoms with Gasteiger partial charge in [-0.3, -0.25) is 4.79 Å². The standard InChI is InChI=1S/C28H31N5O/c1-17-12-18(2)24(14-23(17)27-31-25-13-19(3)30-16-26(25)32-27)28(34)33-10-8-22(9-11-33)21-6-4-20(15-29)5-7-21/h4-7,12,14,19,22,30H,8-11,13,16H2,1-3H3,(H,31,32). The third-order valence-electron chi connectivity index (χ3n) is 7.34. The summed E-state index contributed by atoms with van der Waals surface area (Å²) in [6.07, 6.45) is 2.79. The zero-order valence-corrected chi connectivity index (χ0v) is 20.1. The second-order valence-corrected chi connectivity index (χ2v) is 9.78. The number of piperidine rings is 1. The van der Waals surface area contributed by atoms with Crippen LogP contribution in [0, 0.1) is 25.2 Å². The van der Waals surface area contributed by atoms with E-state index >= 15 is 0 Å². The summed E-state index contributed by atoms with van der Waals surface area (Å²) in [5, 5.41) is 12.5. The number of nitrogens with one attached hydrogen (secondary N) is 2. The Morgan fingerprint density at radius 2 is 1.85 bits per heavy atom. The number of benzene rings is 2. The molecule has 1 saturated heterocycles. The molecule has 2 N–H and O–H groups in total. The number of nitrogens with zero attached hydrogens (tertiary/aromatic N) is 3. The summed E-state index contributed by atoms with van der Waals surface area (Å²) < 4.78 is 0. The molecule has 0 spiro atoms. The Morgan fingerprint density at radius 1 is 1.12 bits per heavy atom. The fourth-order valence-corrected chi connectivity index (χ4v) is 5.28. The van der Waals surface area contributed by atoms with Crippen LogP contribution in [0.15, 0.2) is 36.4 Å². The third kappa shape index (κ3) is 4.24. The van der Waals surface area contributed by atoms with Crippen LogP contribution in [0.1, 0.15) is 69.7 Å². The summed E-state index contributed by atoms with van der Waals surface area (Å²) in [5.74, 6) is 1.38. The molecule has 1 fully saturated rings. The Hall–Kier alpha value is -3.43. The minimum Gasteiger partial charge on any atom is -0.341 e. The Kier molecular flexibility index (Phi) is 5.97. The van der Waals surface area contributed by atoms with Gasteiger partial charge in [0, 0.05) is 43.2 Å². The quantitative estimate of drug-likeness (QED) is 0.606. The number of likely N-dealkylation sites (tertiary alicyclic amines) is 1. The van der Waals surface area contributed by atoms with Gasteiger partial charge in [0.15, 0.2) is 0 Å². The lowest BCUT2D eigenvalue weighted by Gasteiger charge is -2.32. The van der Waals surface area contributed by atoms with E-state index in [0.717, 1.165) is 78.4 Å². The van der Waals surface area contributed by atoms with Crippen molar-refractivity contribution in [2.45, 2.75) is 58.5 Å². The molecule has 0 aliphatic carbocycles. The summed E-state index contributed by atoms with van der Waals surface area (Å²) >= 11 is 0. The van der Waals surface area contributed by atoms with Gasteiger partial charge in [0.2, 0.25) is 0 Å². The Labute approximate surface area is 201 Å². The van der Waals surface area contributed by atoms with Crippen LogP contribution in [0.5, 0.6) is 0 Å². The molecule has 1 amide bonds. The van der Waals surface area contributed by atoms with E-state index in [0.29, 0.717) is 17.5 Å². The molecule has 174 valence electrons. The van der Waals surface area contributed by atoms with Gasteiger partial charge in [-0.15, -0.1) is 0 Å². The smallest absolute Gasteiger partial charge is 0.254 e. The van der Waals surface area contributed by atoms with E-state index in [2.05, 4.69) is 48.4 Å². The monoisotopic (exact) mass is 453 g/mol. The van der Waals surface area contributed by atoms with Crippen molar-refractivity contribution in [1.82, 2.24) is 20.2 Å². The zero-order valence-electron chi connectivity index (χ0n) is 20.1. The molecule has 1 atom stereocenters. The summed E-state index contributed by atoms with van der Waals surface area (Å²) in [6.45, 7) is 8.56. The number of carbonyl (C=O) groups excluding carboxylic acids is 1. The van der Waals surface area contributed by atoms with Crippen molar-refractivity contribution in [3.8, 4) is 17.5 Å². The van der Waals surface area contributed by atoms with Crippen LogP contribution >= 0.6 is 0 Å². The summed E-state index contributed by atoms with van der Waals surface area (Å²) in [7, 11) is 0. The molecule has 2 aliphatic heterocycles. The molecule has 2 aliphatic rings. The van der Waals surface area contributed by atoms with E-state index in [4.69, 9.17) is 10.2 Å². The SMILES string of the molecule is Cc1cc(C)c(-c2nc3c([nH]2)CNC(C)C3)cc1C(=O)N1CCC(c2ccc(C#N)cc2)CC1. The highest BCUT2D eigenvalue weighted by atomic mass is 16.2. The first-order valence-corrected chi connectivity index (χ1v) is 12.1. The molecular weight excluding hydrogens is 422 g/mol. The highest BCUT2D eigenvalue weighted by molar-refractivity contribution is 5.97. The van der Waals surface area contributed by atoms with E-state index in [1.54, 1.807) is 0 Å². The van der Waals surface area contributed by atoms with Crippen LogP contribution in [-0.4, -0.2) is 39.9 Å². The first-order valence-electron chi connectivity index (χ1n) is 12.1. The lowest BCUT2D eigenvalue weighted by molar-refractivity contribution is 0.0712. The number of hydrogen-bond acceptors (Lipinski definition) is 4. The van der Waals surface area contributed by atoms with E-state index in [1.165, 1.54) is 5.56 Å². The normalized spacial score (nSPS) is 18.4. The summed E-state index contributed by atoms with van der Waals surface area (Å²) in [5.41, 5.74) is 8.11. The van der Waals surface area contributed by atoms with E-state index in [9.17, 15) is 4.79 Å². The third-order valence-corrected chi connectivity index (χ3v) is 7.34. The number of amides is 1. The van der Waals surface area contributed by atoms with E-state index in [1.807, 2.05) is 30.0 Å². The number of aromatic amines is 1. The number of aromatic nitrogens is 2. The second kappa shape index (κ2) is 9.08. The number of rotatable bonds is 3. The van der Waals surface area contributed by atoms with Crippen molar-refractivity contribution in [3.63, 3.8) is 0 Å². The van der Waals surface area contributed by atoms with Gasteiger partial charge >= 0.3 is 0 Å². The number of aryl methyl sites for hydroxylation is 2. The molecule has 0 radical (unpaired) electrons. The number of H-pyrrole nitrogens is 1. The van der Waals surface area contributed by atoms with Crippen molar-refractivity contribution in [1.29, 1.82) is 5.26 Å². The molecule has 0 bridgehead atoms. The number of hydrogen-bond donors (Lipinski definition) is 2. The van der Waals surface area contributed by atoms with Gasteiger partial charge in [-0.1, -0.05) is 18.2 Å². The molecule has 34 heavy (non-hydrogen) atoms. The van der Waals surface area contributed by atoms with Crippen LogP contribution < -0.4 is 5.32 Å². The minimum absolute atomic E-state index is 0.101. The van der Waals surface area contributed by atoms with Crippen LogP contribution in [0.4, 0.5) is 0 Å². The average Bonchev–Trinajstić information content (AvgIpc) is 3.27. The Balaban J connectivity index is 1.34. The van der Waals surface area contributed by atoms with Crippen molar-refractivity contribution in [2.75, 3.05) is 13.1 Å². The number of imidazole rings is 1. The highest BCUT2D eigenvalue weighted by Crippen LogP contribution is 2.31. The van der Waals surface area contributed by atoms with Crippen LogP contribution in [0.25, 0.3) is 11.4 Å². The lowest BCUT2D eigenvalue weighted by atomic mass is 9.88. The van der Waals surface area contributed by atoms with Gasteiger partial charge in [-0.05, 0) is 74.4 Å². The fraction of sp³-hybridized carbons (Fsp3) is 0.393. The molecule has 3 aromatic rings. The van der Waals surface area contributed by atoms with Crippen LogP contribution in [0.3, 0.4) is 0 Å². The molecular formula is C28H31N5O. The van der Waals surface area contributed by atoms with Crippen molar-refractivity contribution in [2.24, 2.45) is 0 Å². The molecule has 3 heterocycles. The first-order chi connectivity index (χ1) is 16.4. The van der Waals surface area contributed by atoms with Crippen molar-refractivity contribution >= 4 is 5.91 Å². The molecule has 1 aromatic heterocycles. The maximum absolute atomic E-state index is 13.5. The molecule has 6 heteroatoms. The first kappa shape index (κ1) is 22.4. The van der Waals surface area contributed by atoms with E-state index < -0.39 is 0 Å².